The van der Waals surface area contributed by atoms with Gasteiger partial charge < -0.3 is 5.11 Å². The Labute approximate surface area is 114 Å². The maximum absolute atomic E-state index is 12.3. The van der Waals surface area contributed by atoms with Crippen molar-refractivity contribution in [2.75, 3.05) is 0 Å². The van der Waals surface area contributed by atoms with Gasteiger partial charge in [-0.2, -0.15) is 0 Å². The van der Waals surface area contributed by atoms with E-state index in [0.717, 1.165) is 19.3 Å². The van der Waals surface area contributed by atoms with Crippen LogP contribution < -0.4 is 4.72 Å². The number of hydrogen-bond acceptors (Lipinski definition) is 3. The lowest BCUT2D eigenvalue weighted by atomic mass is 10.2. The van der Waals surface area contributed by atoms with Crippen molar-refractivity contribution in [2.24, 2.45) is 5.92 Å². The van der Waals surface area contributed by atoms with Crippen molar-refractivity contribution in [1.29, 1.82) is 0 Å². The molecule has 2 atom stereocenters. The van der Waals surface area contributed by atoms with Crippen molar-refractivity contribution in [3.63, 3.8) is 0 Å². The minimum atomic E-state index is -3.47. The van der Waals surface area contributed by atoms with Gasteiger partial charge >= 0.3 is 0 Å². The molecule has 5 heteroatoms. The molecule has 0 radical (unpaired) electrons. The van der Waals surface area contributed by atoms with Crippen LogP contribution in [-0.2, 0) is 16.6 Å². The first-order valence-corrected chi connectivity index (χ1v) is 8.19. The molecule has 1 saturated carbocycles. The van der Waals surface area contributed by atoms with E-state index in [1.165, 1.54) is 0 Å². The lowest BCUT2D eigenvalue weighted by Crippen LogP contribution is -2.27. The fraction of sp³-hybridized carbons (Fsp3) is 0.571. The Balaban J connectivity index is 2.16. The van der Waals surface area contributed by atoms with Crippen molar-refractivity contribution in [3.05, 3.63) is 29.3 Å². The number of hydrogen-bond donors (Lipinski definition) is 2. The summed E-state index contributed by atoms with van der Waals surface area (Å²) in [5.41, 5.74) is 1.32. The van der Waals surface area contributed by atoms with Crippen LogP contribution in [-0.4, -0.2) is 19.6 Å². The van der Waals surface area contributed by atoms with Crippen molar-refractivity contribution in [3.8, 4) is 0 Å². The molecular formula is C14H21NO3S. The van der Waals surface area contributed by atoms with Gasteiger partial charge in [0.25, 0.3) is 0 Å². The van der Waals surface area contributed by atoms with Crippen LogP contribution in [0, 0.1) is 12.8 Å². The molecule has 1 aromatic rings. The normalized spacial score (nSPS) is 22.5. The first-order valence-electron chi connectivity index (χ1n) is 6.70. The lowest BCUT2D eigenvalue weighted by Gasteiger charge is -2.10. The summed E-state index contributed by atoms with van der Waals surface area (Å²) in [5, 5.41) is 9.11. The summed E-state index contributed by atoms with van der Waals surface area (Å²) in [6.07, 6.45) is 3.09. The number of aliphatic hydroxyl groups excluding tert-OH is 1. The third-order valence-electron chi connectivity index (χ3n) is 3.61. The minimum Gasteiger partial charge on any atom is -0.392 e. The smallest absolute Gasteiger partial charge is 0.241 e. The summed E-state index contributed by atoms with van der Waals surface area (Å²) in [4.78, 5) is 0.279. The van der Waals surface area contributed by atoms with Gasteiger partial charge in [-0.3, -0.25) is 0 Å². The van der Waals surface area contributed by atoms with Crippen LogP contribution in [0.15, 0.2) is 23.1 Å². The van der Waals surface area contributed by atoms with E-state index in [-0.39, 0.29) is 17.5 Å². The highest BCUT2D eigenvalue weighted by Crippen LogP contribution is 2.36. The topological polar surface area (TPSA) is 66.4 Å². The fourth-order valence-electron chi connectivity index (χ4n) is 2.38. The lowest BCUT2D eigenvalue weighted by molar-refractivity contribution is 0.281. The number of aliphatic hydroxyl groups is 1. The molecule has 106 valence electrons. The second kappa shape index (κ2) is 5.61. The van der Waals surface area contributed by atoms with Crippen molar-refractivity contribution < 1.29 is 13.5 Å². The Morgan fingerprint density at radius 2 is 2.16 bits per heavy atom. The molecule has 0 aliphatic heterocycles. The molecule has 19 heavy (non-hydrogen) atoms. The van der Waals surface area contributed by atoms with Crippen LogP contribution in [0.2, 0.25) is 0 Å². The van der Waals surface area contributed by atoms with Gasteiger partial charge in [0.05, 0.1) is 11.5 Å². The van der Waals surface area contributed by atoms with Gasteiger partial charge in [-0.15, -0.1) is 0 Å². The minimum absolute atomic E-state index is 0.0853. The zero-order chi connectivity index (χ0) is 14.0. The predicted molar refractivity (Wildman–Crippen MR) is 74.2 cm³/mol. The van der Waals surface area contributed by atoms with Crippen molar-refractivity contribution in [1.82, 2.24) is 4.72 Å². The van der Waals surface area contributed by atoms with Gasteiger partial charge in [-0.05, 0) is 42.9 Å². The van der Waals surface area contributed by atoms with Crippen LogP contribution >= 0.6 is 0 Å². The Bertz CT molecular complexity index is 554. The fourth-order valence-corrected chi connectivity index (χ4v) is 3.99. The van der Waals surface area contributed by atoms with E-state index in [2.05, 4.69) is 11.6 Å². The summed E-state index contributed by atoms with van der Waals surface area (Å²) in [5.74, 6) is 0.487. The summed E-state index contributed by atoms with van der Waals surface area (Å²) in [7, 11) is -3.47. The van der Waals surface area contributed by atoms with E-state index in [0.29, 0.717) is 17.0 Å². The van der Waals surface area contributed by atoms with E-state index in [9.17, 15) is 8.42 Å². The van der Waals surface area contributed by atoms with Crippen LogP contribution in [0.4, 0.5) is 0 Å². The van der Waals surface area contributed by atoms with Gasteiger partial charge in [0.2, 0.25) is 10.0 Å². The van der Waals surface area contributed by atoms with Gasteiger partial charge in [-0.25, -0.2) is 13.1 Å². The van der Waals surface area contributed by atoms with Gasteiger partial charge in [0.15, 0.2) is 0 Å². The van der Waals surface area contributed by atoms with Crippen molar-refractivity contribution in [2.45, 2.75) is 50.7 Å². The SMILES string of the molecule is CCCC1CC1NS(=O)(=O)c1cc(CO)ccc1C. The molecular weight excluding hydrogens is 262 g/mol. The first-order chi connectivity index (χ1) is 8.97. The zero-order valence-electron chi connectivity index (χ0n) is 11.4. The molecule has 0 aromatic heterocycles. The molecule has 1 aliphatic rings. The summed E-state index contributed by atoms with van der Waals surface area (Å²) in [6.45, 7) is 3.73. The van der Waals surface area contributed by atoms with Crippen LogP contribution in [0.5, 0.6) is 0 Å². The van der Waals surface area contributed by atoms with Crippen LogP contribution in [0.25, 0.3) is 0 Å². The molecule has 2 unspecified atom stereocenters. The summed E-state index contributed by atoms with van der Waals surface area (Å²) < 4.78 is 27.4. The molecule has 1 fully saturated rings. The quantitative estimate of drug-likeness (QED) is 0.838. The predicted octanol–water partition coefficient (Wildman–Crippen LogP) is 1.95. The van der Waals surface area contributed by atoms with E-state index in [1.54, 1.807) is 25.1 Å². The third-order valence-corrected chi connectivity index (χ3v) is 5.25. The molecule has 0 spiro atoms. The number of nitrogens with one attached hydrogen (secondary N) is 1. The molecule has 0 bridgehead atoms. The van der Waals surface area contributed by atoms with Crippen LogP contribution in [0.3, 0.4) is 0 Å². The molecule has 0 saturated heterocycles. The molecule has 2 rings (SSSR count). The standard InChI is InChI=1S/C14H21NO3S/c1-3-4-12-8-13(12)15-19(17,18)14-7-11(9-16)6-5-10(14)2/h5-7,12-13,15-16H,3-4,8-9H2,1-2H3. The number of aryl methyl sites for hydroxylation is 1. The second-order valence-corrected chi connectivity index (χ2v) is 6.95. The summed E-state index contributed by atoms with van der Waals surface area (Å²) in [6, 6.07) is 5.11. The molecule has 0 amide bonds. The van der Waals surface area contributed by atoms with Crippen LogP contribution in [0.1, 0.15) is 37.3 Å². The van der Waals surface area contributed by atoms with E-state index in [4.69, 9.17) is 5.11 Å². The van der Waals surface area contributed by atoms with Gasteiger partial charge in [0, 0.05) is 6.04 Å². The highest BCUT2D eigenvalue weighted by atomic mass is 32.2. The van der Waals surface area contributed by atoms with E-state index in [1.807, 2.05) is 0 Å². The molecule has 0 heterocycles. The van der Waals surface area contributed by atoms with Crippen molar-refractivity contribution >= 4 is 10.0 Å². The maximum Gasteiger partial charge on any atom is 0.241 e. The highest BCUT2D eigenvalue weighted by molar-refractivity contribution is 7.89. The highest BCUT2D eigenvalue weighted by Gasteiger charge is 2.39. The molecule has 1 aromatic carbocycles. The van der Waals surface area contributed by atoms with E-state index >= 15 is 0 Å². The van der Waals surface area contributed by atoms with Gasteiger partial charge in [0.1, 0.15) is 0 Å². The first kappa shape index (κ1) is 14.5. The number of rotatable bonds is 6. The Hall–Kier alpha value is -0.910. The zero-order valence-corrected chi connectivity index (χ0v) is 12.2. The molecule has 1 aliphatic carbocycles. The third kappa shape index (κ3) is 3.35. The second-order valence-electron chi connectivity index (χ2n) is 5.27. The monoisotopic (exact) mass is 283 g/mol. The maximum atomic E-state index is 12.3. The average Bonchev–Trinajstić information content (AvgIpc) is 3.07. The Kier molecular flexibility index (Phi) is 4.28. The number of benzene rings is 1. The molecule has 2 N–H and O–H groups in total. The average molecular weight is 283 g/mol. The Morgan fingerprint density at radius 1 is 1.42 bits per heavy atom. The van der Waals surface area contributed by atoms with Gasteiger partial charge in [-0.1, -0.05) is 25.5 Å². The Morgan fingerprint density at radius 3 is 2.79 bits per heavy atom. The molecule has 4 nitrogen and oxygen atoms in total. The van der Waals surface area contributed by atoms with E-state index < -0.39 is 10.0 Å². The summed E-state index contributed by atoms with van der Waals surface area (Å²) >= 11 is 0. The number of sulfonamides is 1. The largest absolute Gasteiger partial charge is 0.392 e.